The van der Waals surface area contributed by atoms with E-state index in [1.165, 1.54) is 19.1 Å². The summed E-state index contributed by atoms with van der Waals surface area (Å²) in [7, 11) is 0. The van der Waals surface area contributed by atoms with Gasteiger partial charge in [-0.05, 0) is 42.4 Å². The smallest absolute Gasteiger partial charge is 0.303 e. The number of ether oxygens (including phenoxy) is 1. The maximum absolute atomic E-state index is 12.4. The third kappa shape index (κ3) is 1.78. The highest BCUT2D eigenvalue weighted by Gasteiger charge is 2.65. The number of hydrogen-bond acceptors (Lipinski definition) is 4. The molecule has 0 heterocycles. The molecule has 112 valence electrons. The fourth-order valence-corrected chi connectivity index (χ4v) is 4.58. The monoisotopic (exact) mass is 288 g/mol. The van der Waals surface area contributed by atoms with E-state index >= 15 is 0 Å². The average Bonchev–Trinajstić information content (AvgIpc) is 2.34. The molecule has 0 amide bonds. The number of allylic oxidation sites excluding steroid dienone is 3. The van der Waals surface area contributed by atoms with Crippen LogP contribution >= 0.6 is 0 Å². The molecule has 2 bridgehead atoms. The van der Waals surface area contributed by atoms with Gasteiger partial charge in [-0.15, -0.1) is 0 Å². The van der Waals surface area contributed by atoms with Crippen molar-refractivity contribution in [3.63, 3.8) is 0 Å². The van der Waals surface area contributed by atoms with E-state index in [4.69, 9.17) is 4.74 Å². The molecule has 0 aromatic rings. The first kappa shape index (κ1) is 14.2. The van der Waals surface area contributed by atoms with Crippen LogP contribution in [0.1, 0.15) is 34.1 Å². The third-order valence-corrected chi connectivity index (χ3v) is 5.34. The Kier molecular flexibility index (Phi) is 2.81. The molecule has 4 rings (SSSR count). The highest BCUT2D eigenvalue weighted by atomic mass is 16.6. The molecule has 0 aromatic carbocycles. The SMILES string of the molecule is CC(=O)OC12CC(C)(C)C(C=C1C)C1C(=O)C=CC(=O)C12. The summed E-state index contributed by atoms with van der Waals surface area (Å²) in [5.41, 5.74) is -0.247. The molecule has 4 atom stereocenters. The van der Waals surface area contributed by atoms with E-state index in [0.717, 1.165) is 5.57 Å². The predicted molar refractivity (Wildman–Crippen MR) is 76.3 cm³/mol. The van der Waals surface area contributed by atoms with E-state index < -0.39 is 23.4 Å². The minimum atomic E-state index is -0.966. The molecule has 21 heavy (non-hydrogen) atoms. The summed E-state index contributed by atoms with van der Waals surface area (Å²) in [4.78, 5) is 36.5. The summed E-state index contributed by atoms with van der Waals surface area (Å²) in [6.45, 7) is 7.41. The fourth-order valence-electron chi connectivity index (χ4n) is 4.58. The standard InChI is InChI=1S/C17H20O4/c1-9-7-11-14-12(19)5-6-13(20)15(14)17(9,21-10(2)18)8-16(11,3)4/h5-7,11,14-15H,8H2,1-4H3. The van der Waals surface area contributed by atoms with Gasteiger partial charge < -0.3 is 4.74 Å². The highest BCUT2D eigenvalue weighted by Crippen LogP contribution is 2.61. The first-order valence-electron chi connectivity index (χ1n) is 7.33. The van der Waals surface area contributed by atoms with E-state index in [9.17, 15) is 14.4 Å². The van der Waals surface area contributed by atoms with Crippen LogP contribution in [0, 0.1) is 23.2 Å². The van der Waals surface area contributed by atoms with Crippen molar-refractivity contribution in [2.24, 2.45) is 23.2 Å². The van der Waals surface area contributed by atoms with Gasteiger partial charge in [0.1, 0.15) is 5.60 Å². The summed E-state index contributed by atoms with van der Waals surface area (Å²) in [5.74, 6) is -1.50. The lowest BCUT2D eigenvalue weighted by Gasteiger charge is -2.59. The Bertz CT molecular complexity index is 610. The molecule has 4 aliphatic carbocycles. The van der Waals surface area contributed by atoms with E-state index in [0.29, 0.717) is 6.42 Å². The van der Waals surface area contributed by atoms with Gasteiger partial charge in [0.2, 0.25) is 0 Å². The van der Waals surface area contributed by atoms with Crippen LogP contribution in [-0.4, -0.2) is 23.1 Å². The van der Waals surface area contributed by atoms with Crippen LogP contribution in [0.2, 0.25) is 0 Å². The number of carbonyl (C=O) groups excluding carboxylic acids is 3. The number of fused-ring (bicyclic) bond motifs is 1. The third-order valence-electron chi connectivity index (χ3n) is 5.34. The molecule has 1 saturated carbocycles. The second kappa shape index (κ2) is 4.15. The van der Waals surface area contributed by atoms with Crippen molar-refractivity contribution in [3.05, 3.63) is 23.8 Å². The Balaban J connectivity index is 2.23. The molecular formula is C17H20O4. The second-order valence-corrected chi connectivity index (χ2v) is 7.17. The molecule has 4 heteroatoms. The number of hydrogen-bond donors (Lipinski definition) is 0. The minimum absolute atomic E-state index is 0.0151. The molecule has 0 aromatic heterocycles. The molecule has 0 N–H and O–H groups in total. The summed E-state index contributed by atoms with van der Waals surface area (Å²) < 4.78 is 5.69. The van der Waals surface area contributed by atoms with Crippen molar-refractivity contribution in [2.75, 3.05) is 0 Å². The van der Waals surface area contributed by atoms with Crippen LogP contribution in [0.15, 0.2) is 23.8 Å². The number of carbonyl (C=O) groups is 3. The van der Waals surface area contributed by atoms with Gasteiger partial charge in [0.15, 0.2) is 11.6 Å². The van der Waals surface area contributed by atoms with Gasteiger partial charge in [-0.25, -0.2) is 0 Å². The van der Waals surface area contributed by atoms with Crippen molar-refractivity contribution in [2.45, 2.75) is 39.7 Å². The molecule has 0 radical (unpaired) electrons. The Morgan fingerprint density at radius 3 is 2.48 bits per heavy atom. The van der Waals surface area contributed by atoms with E-state index in [-0.39, 0.29) is 22.9 Å². The van der Waals surface area contributed by atoms with E-state index in [1.54, 1.807) is 0 Å². The van der Waals surface area contributed by atoms with Crippen LogP contribution in [0.3, 0.4) is 0 Å². The average molecular weight is 288 g/mol. The lowest BCUT2D eigenvalue weighted by atomic mass is 9.46. The summed E-state index contributed by atoms with van der Waals surface area (Å²) in [6, 6.07) is 0. The van der Waals surface area contributed by atoms with E-state index in [2.05, 4.69) is 13.8 Å². The van der Waals surface area contributed by atoms with Crippen LogP contribution in [-0.2, 0) is 19.1 Å². The first-order chi connectivity index (χ1) is 9.69. The highest BCUT2D eigenvalue weighted by molar-refractivity contribution is 6.09. The Morgan fingerprint density at radius 2 is 1.86 bits per heavy atom. The van der Waals surface area contributed by atoms with Gasteiger partial charge in [-0.3, -0.25) is 14.4 Å². The fraction of sp³-hybridized carbons (Fsp3) is 0.588. The normalized spacial score (nSPS) is 39.8. The predicted octanol–water partition coefficient (Wildman–Crippen LogP) is 2.23. The van der Waals surface area contributed by atoms with Gasteiger partial charge in [-0.1, -0.05) is 19.9 Å². The van der Waals surface area contributed by atoms with Crippen LogP contribution in [0.5, 0.6) is 0 Å². The zero-order valence-corrected chi connectivity index (χ0v) is 12.8. The molecule has 0 spiro atoms. The number of esters is 1. The molecule has 4 nitrogen and oxygen atoms in total. The van der Waals surface area contributed by atoms with Gasteiger partial charge >= 0.3 is 5.97 Å². The topological polar surface area (TPSA) is 60.4 Å². The molecular weight excluding hydrogens is 268 g/mol. The van der Waals surface area contributed by atoms with Crippen molar-refractivity contribution >= 4 is 17.5 Å². The Morgan fingerprint density at radius 1 is 1.24 bits per heavy atom. The van der Waals surface area contributed by atoms with Crippen molar-refractivity contribution in [1.82, 2.24) is 0 Å². The Labute approximate surface area is 124 Å². The van der Waals surface area contributed by atoms with Crippen molar-refractivity contribution in [3.8, 4) is 0 Å². The number of rotatable bonds is 1. The van der Waals surface area contributed by atoms with Gasteiger partial charge in [0, 0.05) is 12.8 Å². The largest absolute Gasteiger partial charge is 0.454 e. The summed E-state index contributed by atoms with van der Waals surface area (Å²) in [6.07, 6.45) is 5.35. The second-order valence-electron chi connectivity index (χ2n) is 7.17. The molecule has 1 fully saturated rings. The molecule has 0 saturated heterocycles. The zero-order chi connectivity index (χ0) is 15.6. The van der Waals surface area contributed by atoms with Crippen LogP contribution in [0.4, 0.5) is 0 Å². The van der Waals surface area contributed by atoms with Crippen LogP contribution < -0.4 is 0 Å². The lowest BCUT2D eigenvalue weighted by Crippen LogP contribution is -2.64. The lowest BCUT2D eigenvalue weighted by molar-refractivity contribution is -0.185. The Hall–Kier alpha value is -1.71. The van der Waals surface area contributed by atoms with Gasteiger partial charge in [0.05, 0.1) is 5.92 Å². The zero-order valence-electron chi connectivity index (χ0n) is 12.8. The van der Waals surface area contributed by atoms with Crippen molar-refractivity contribution in [1.29, 1.82) is 0 Å². The number of ketones is 2. The molecule has 4 unspecified atom stereocenters. The maximum atomic E-state index is 12.4. The van der Waals surface area contributed by atoms with E-state index in [1.807, 2.05) is 13.0 Å². The molecule has 4 aliphatic rings. The van der Waals surface area contributed by atoms with Crippen molar-refractivity contribution < 1.29 is 19.1 Å². The minimum Gasteiger partial charge on any atom is -0.454 e. The maximum Gasteiger partial charge on any atom is 0.303 e. The first-order valence-corrected chi connectivity index (χ1v) is 7.33. The quantitative estimate of drug-likeness (QED) is 0.548. The van der Waals surface area contributed by atoms with Gasteiger partial charge in [0.25, 0.3) is 0 Å². The van der Waals surface area contributed by atoms with Crippen LogP contribution in [0.25, 0.3) is 0 Å². The van der Waals surface area contributed by atoms with Gasteiger partial charge in [-0.2, -0.15) is 0 Å². The summed E-state index contributed by atoms with van der Waals surface area (Å²) >= 11 is 0. The molecule has 0 aliphatic heterocycles. The summed E-state index contributed by atoms with van der Waals surface area (Å²) in [5, 5.41) is 0.